The van der Waals surface area contributed by atoms with Crippen LogP contribution in [0.2, 0.25) is 0 Å². The second-order valence-corrected chi connectivity index (χ2v) is 5.51. The van der Waals surface area contributed by atoms with Crippen molar-refractivity contribution in [1.29, 1.82) is 0 Å². The first kappa shape index (κ1) is 15.1. The molecule has 0 atom stereocenters. The molecule has 7 nitrogen and oxygen atoms in total. The van der Waals surface area contributed by atoms with E-state index in [2.05, 4.69) is 5.32 Å². The zero-order chi connectivity index (χ0) is 16.4. The van der Waals surface area contributed by atoms with Gasteiger partial charge in [-0.3, -0.25) is 14.9 Å². The van der Waals surface area contributed by atoms with Crippen molar-refractivity contribution >= 4 is 11.6 Å². The summed E-state index contributed by atoms with van der Waals surface area (Å²) in [7, 11) is 0. The van der Waals surface area contributed by atoms with E-state index in [1.165, 1.54) is 12.1 Å². The molecule has 1 amide bonds. The summed E-state index contributed by atoms with van der Waals surface area (Å²) in [6, 6.07) is 8.10. The maximum atomic E-state index is 11.8. The zero-order valence-corrected chi connectivity index (χ0v) is 12.6. The summed E-state index contributed by atoms with van der Waals surface area (Å²) in [4.78, 5) is 22.2. The summed E-state index contributed by atoms with van der Waals surface area (Å²) in [6.45, 7) is 1.80. The third-order valence-electron chi connectivity index (χ3n) is 3.54. The first-order chi connectivity index (χ1) is 11.0. The van der Waals surface area contributed by atoms with Crippen LogP contribution in [0.4, 0.5) is 5.69 Å². The second-order valence-electron chi connectivity index (χ2n) is 5.51. The van der Waals surface area contributed by atoms with Gasteiger partial charge in [0.05, 0.1) is 4.92 Å². The topological polar surface area (TPSA) is 94.6 Å². The van der Waals surface area contributed by atoms with Crippen LogP contribution in [0.5, 0.6) is 5.75 Å². The number of benzene rings is 1. The van der Waals surface area contributed by atoms with E-state index >= 15 is 0 Å². The molecule has 1 aromatic carbocycles. The van der Waals surface area contributed by atoms with E-state index in [0.717, 1.165) is 12.8 Å². The van der Waals surface area contributed by atoms with Gasteiger partial charge in [-0.25, -0.2) is 0 Å². The standard InChI is InChI=1S/C16H16N2O5/c1-10-8-12(4-6-14(10)18(20)21)22-9-13-5-7-15(23-13)16(19)17-11-2-3-11/h4-8,11H,2-3,9H2,1H3,(H,17,19). The van der Waals surface area contributed by atoms with E-state index < -0.39 is 4.92 Å². The molecule has 1 heterocycles. The van der Waals surface area contributed by atoms with Gasteiger partial charge in [-0.15, -0.1) is 0 Å². The summed E-state index contributed by atoms with van der Waals surface area (Å²) >= 11 is 0. The lowest BCUT2D eigenvalue weighted by Gasteiger charge is -2.05. The smallest absolute Gasteiger partial charge is 0.287 e. The highest BCUT2D eigenvalue weighted by atomic mass is 16.6. The van der Waals surface area contributed by atoms with Crippen molar-refractivity contribution in [3.8, 4) is 5.75 Å². The van der Waals surface area contributed by atoms with E-state index in [4.69, 9.17) is 9.15 Å². The molecule has 0 aliphatic heterocycles. The second kappa shape index (κ2) is 6.12. The van der Waals surface area contributed by atoms with E-state index in [9.17, 15) is 14.9 Å². The zero-order valence-electron chi connectivity index (χ0n) is 12.6. The molecular weight excluding hydrogens is 300 g/mol. The van der Waals surface area contributed by atoms with Gasteiger partial charge in [0.15, 0.2) is 5.76 Å². The van der Waals surface area contributed by atoms with Crippen LogP contribution < -0.4 is 10.1 Å². The Kier molecular flexibility index (Phi) is 4.01. The summed E-state index contributed by atoms with van der Waals surface area (Å²) < 4.78 is 11.0. The van der Waals surface area contributed by atoms with Crippen molar-refractivity contribution in [3.63, 3.8) is 0 Å². The molecule has 0 spiro atoms. The number of nitrogens with zero attached hydrogens (tertiary/aromatic N) is 1. The van der Waals surface area contributed by atoms with Crippen LogP contribution in [0.15, 0.2) is 34.7 Å². The van der Waals surface area contributed by atoms with Crippen LogP contribution in [0.1, 0.15) is 34.7 Å². The predicted octanol–water partition coefficient (Wildman–Crippen LogP) is 2.97. The number of nitro benzene ring substituents is 1. The molecule has 23 heavy (non-hydrogen) atoms. The number of furan rings is 1. The number of hydrogen-bond acceptors (Lipinski definition) is 5. The maximum absolute atomic E-state index is 11.8. The largest absolute Gasteiger partial charge is 0.486 e. The van der Waals surface area contributed by atoms with Gasteiger partial charge in [0.25, 0.3) is 11.6 Å². The first-order valence-electron chi connectivity index (χ1n) is 7.30. The Bertz CT molecular complexity index is 749. The van der Waals surface area contributed by atoms with Crippen molar-refractivity contribution in [1.82, 2.24) is 5.32 Å². The minimum absolute atomic E-state index is 0.0504. The van der Waals surface area contributed by atoms with E-state index in [1.807, 2.05) is 0 Å². The average molecular weight is 316 g/mol. The van der Waals surface area contributed by atoms with Crippen molar-refractivity contribution < 1.29 is 18.9 Å². The van der Waals surface area contributed by atoms with Gasteiger partial charge in [-0.2, -0.15) is 0 Å². The minimum atomic E-state index is -0.434. The van der Waals surface area contributed by atoms with Crippen LogP contribution in [-0.4, -0.2) is 16.9 Å². The number of nitrogens with one attached hydrogen (secondary N) is 1. The van der Waals surface area contributed by atoms with E-state index in [-0.39, 0.29) is 30.0 Å². The third-order valence-corrected chi connectivity index (χ3v) is 3.54. The third kappa shape index (κ3) is 3.68. The summed E-state index contributed by atoms with van der Waals surface area (Å²) in [6.07, 6.45) is 2.03. The molecule has 0 radical (unpaired) electrons. The molecule has 1 aromatic heterocycles. The van der Waals surface area contributed by atoms with Crippen molar-refractivity contribution in [2.75, 3.05) is 0 Å². The monoisotopic (exact) mass is 316 g/mol. The number of rotatable bonds is 6. The van der Waals surface area contributed by atoms with Gasteiger partial charge in [-0.1, -0.05) is 0 Å². The lowest BCUT2D eigenvalue weighted by Crippen LogP contribution is -2.24. The van der Waals surface area contributed by atoms with Gasteiger partial charge in [0.1, 0.15) is 18.1 Å². The molecule has 1 fully saturated rings. The number of amides is 1. The Hall–Kier alpha value is -2.83. The molecule has 1 N–H and O–H groups in total. The van der Waals surface area contributed by atoms with Crippen LogP contribution in [-0.2, 0) is 6.61 Å². The summed E-state index contributed by atoms with van der Waals surface area (Å²) in [5.41, 5.74) is 0.575. The normalized spacial score (nSPS) is 13.6. The van der Waals surface area contributed by atoms with Gasteiger partial charge in [0, 0.05) is 17.7 Å². The Morgan fingerprint density at radius 3 is 2.83 bits per heavy atom. The highest BCUT2D eigenvalue weighted by Gasteiger charge is 2.25. The molecule has 7 heteroatoms. The number of ether oxygens (including phenoxy) is 1. The van der Waals surface area contributed by atoms with Gasteiger partial charge >= 0.3 is 0 Å². The molecule has 120 valence electrons. The van der Waals surface area contributed by atoms with Crippen molar-refractivity contribution in [3.05, 3.63) is 57.5 Å². The fraction of sp³-hybridized carbons (Fsp3) is 0.312. The molecule has 1 aliphatic rings. The summed E-state index contributed by atoms with van der Waals surface area (Å²) in [5.74, 6) is 1.07. The highest BCUT2D eigenvalue weighted by molar-refractivity contribution is 5.91. The number of carbonyl (C=O) groups excluding carboxylic acids is 1. The first-order valence-corrected chi connectivity index (χ1v) is 7.30. The molecule has 0 bridgehead atoms. The minimum Gasteiger partial charge on any atom is -0.486 e. The molecule has 0 unspecified atom stereocenters. The molecular formula is C16H16N2O5. The Balaban J connectivity index is 1.60. The SMILES string of the molecule is Cc1cc(OCc2ccc(C(=O)NC3CC3)o2)ccc1[N+](=O)[O-]. The predicted molar refractivity (Wildman–Crippen MR) is 81.4 cm³/mol. The molecule has 1 aliphatic carbocycles. The van der Waals surface area contributed by atoms with Crippen LogP contribution in [0.3, 0.4) is 0 Å². The number of aryl methyl sites for hydroxylation is 1. The number of hydrogen-bond donors (Lipinski definition) is 1. The Morgan fingerprint density at radius 1 is 1.39 bits per heavy atom. The summed E-state index contributed by atoms with van der Waals surface area (Å²) in [5, 5.41) is 13.6. The van der Waals surface area contributed by atoms with Gasteiger partial charge in [0.2, 0.25) is 0 Å². The fourth-order valence-electron chi connectivity index (χ4n) is 2.14. The van der Waals surface area contributed by atoms with Crippen molar-refractivity contribution in [2.24, 2.45) is 0 Å². The maximum Gasteiger partial charge on any atom is 0.287 e. The van der Waals surface area contributed by atoms with Crippen LogP contribution >= 0.6 is 0 Å². The van der Waals surface area contributed by atoms with Gasteiger partial charge in [-0.05, 0) is 44.0 Å². The Labute approximate surface area is 132 Å². The van der Waals surface area contributed by atoms with Crippen LogP contribution in [0, 0.1) is 17.0 Å². The molecule has 1 saturated carbocycles. The highest BCUT2D eigenvalue weighted by Crippen LogP contribution is 2.24. The van der Waals surface area contributed by atoms with Gasteiger partial charge < -0.3 is 14.5 Å². The van der Waals surface area contributed by atoms with E-state index in [0.29, 0.717) is 17.1 Å². The average Bonchev–Trinajstić information content (AvgIpc) is 3.19. The lowest BCUT2D eigenvalue weighted by molar-refractivity contribution is -0.385. The molecule has 3 rings (SSSR count). The van der Waals surface area contributed by atoms with Crippen molar-refractivity contribution in [2.45, 2.75) is 32.4 Å². The van der Waals surface area contributed by atoms with E-state index in [1.54, 1.807) is 25.1 Å². The fourth-order valence-corrected chi connectivity index (χ4v) is 2.14. The number of carbonyl (C=O) groups is 1. The Morgan fingerprint density at radius 2 is 2.17 bits per heavy atom. The van der Waals surface area contributed by atoms with Crippen LogP contribution in [0.25, 0.3) is 0 Å². The molecule has 2 aromatic rings. The lowest BCUT2D eigenvalue weighted by atomic mass is 10.2. The number of nitro groups is 1. The molecule has 0 saturated heterocycles. The quantitative estimate of drug-likeness (QED) is 0.653.